The number of imidazole rings is 1. The molecular weight excluding hydrogens is 251 g/mol. The van der Waals surface area contributed by atoms with Crippen molar-refractivity contribution in [3.8, 4) is 0 Å². The molecule has 0 unspecified atom stereocenters. The third kappa shape index (κ3) is 1.34. The SMILES string of the molecule is Cc1c(C)c(C)c2c(nc([Se])n2C)c1C. The number of hydrogen-bond acceptors (Lipinski definition) is 1. The van der Waals surface area contributed by atoms with E-state index in [9.17, 15) is 0 Å². The maximum absolute atomic E-state index is 4.58. The number of hydrogen-bond donors (Lipinski definition) is 0. The molecular formula is C12H15N2Se. The average Bonchev–Trinajstić information content (AvgIpc) is 2.50. The molecule has 3 heteroatoms. The van der Waals surface area contributed by atoms with Crippen LogP contribution in [0, 0.1) is 27.7 Å². The van der Waals surface area contributed by atoms with E-state index in [0.29, 0.717) is 0 Å². The Bertz CT molecular complexity index is 553. The van der Waals surface area contributed by atoms with Crippen molar-refractivity contribution in [2.75, 3.05) is 0 Å². The first-order valence-corrected chi connectivity index (χ1v) is 5.90. The van der Waals surface area contributed by atoms with E-state index in [1.807, 2.05) is 0 Å². The summed E-state index contributed by atoms with van der Waals surface area (Å²) in [6.07, 6.45) is 0. The molecule has 1 heterocycles. The van der Waals surface area contributed by atoms with E-state index >= 15 is 0 Å². The molecule has 0 spiro atoms. The number of benzene rings is 1. The number of aromatic nitrogens is 2. The van der Waals surface area contributed by atoms with E-state index in [1.165, 1.54) is 27.8 Å². The molecule has 79 valence electrons. The van der Waals surface area contributed by atoms with Crippen LogP contribution in [0.4, 0.5) is 0 Å². The third-order valence-electron chi connectivity index (χ3n) is 3.45. The zero-order chi connectivity index (χ0) is 11.3. The van der Waals surface area contributed by atoms with Gasteiger partial charge in [0.25, 0.3) is 0 Å². The van der Waals surface area contributed by atoms with Crippen LogP contribution in [0.5, 0.6) is 0 Å². The van der Waals surface area contributed by atoms with Gasteiger partial charge in [0.15, 0.2) is 0 Å². The number of nitrogens with zero attached hydrogens (tertiary/aromatic N) is 2. The summed E-state index contributed by atoms with van der Waals surface area (Å²) in [6, 6.07) is 0. The molecule has 1 aromatic carbocycles. The molecule has 0 aliphatic rings. The standard InChI is InChI=1S/C12H15N2Se/c1-6-7(2)9(4)11-10(8(6)3)13-12(15)14(11)5/h1-5H3. The van der Waals surface area contributed by atoms with Crippen molar-refractivity contribution in [2.24, 2.45) is 7.05 Å². The van der Waals surface area contributed by atoms with Gasteiger partial charge in [0.1, 0.15) is 0 Å². The first kappa shape index (κ1) is 10.7. The molecule has 0 saturated heterocycles. The monoisotopic (exact) mass is 267 g/mol. The summed E-state index contributed by atoms with van der Waals surface area (Å²) in [5.41, 5.74) is 7.76. The van der Waals surface area contributed by atoms with E-state index in [4.69, 9.17) is 0 Å². The Morgan fingerprint density at radius 3 is 2.07 bits per heavy atom. The Kier molecular flexibility index (Phi) is 2.40. The molecule has 2 nitrogen and oxygen atoms in total. The summed E-state index contributed by atoms with van der Waals surface area (Å²) >= 11 is 3.00. The Hall–Kier alpha value is -0.791. The van der Waals surface area contributed by atoms with Crippen LogP contribution >= 0.6 is 0 Å². The van der Waals surface area contributed by atoms with Gasteiger partial charge >= 0.3 is 98.3 Å². The minimum atomic E-state index is 0.959. The normalized spacial score (nSPS) is 11.3. The summed E-state index contributed by atoms with van der Waals surface area (Å²) in [5, 5.41) is 0. The molecule has 1 radical (unpaired) electrons. The fourth-order valence-corrected chi connectivity index (χ4v) is 2.47. The van der Waals surface area contributed by atoms with E-state index in [1.54, 1.807) is 0 Å². The molecule has 15 heavy (non-hydrogen) atoms. The van der Waals surface area contributed by atoms with Gasteiger partial charge in [-0.2, -0.15) is 0 Å². The van der Waals surface area contributed by atoms with Crippen molar-refractivity contribution in [3.63, 3.8) is 0 Å². The second-order valence-electron chi connectivity index (χ2n) is 4.15. The molecule has 0 fully saturated rings. The zero-order valence-electron chi connectivity index (χ0n) is 9.80. The van der Waals surface area contributed by atoms with Crippen molar-refractivity contribution < 1.29 is 0 Å². The Morgan fingerprint density at radius 2 is 1.47 bits per heavy atom. The molecule has 0 atom stereocenters. The van der Waals surface area contributed by atoms with Crippen LogP contribution in [-0.2, 0) is 7.05 Å². The van der Waals surface area contributed by atoms with E-state index in [0.717, 1.165) is 10.2 Å². The van der Waals surface area contributed by atoms with Gasteiger partial charge in [-0.15, -0.1) is 0 Å². The second kappa shape index (κ2) is 3.36. The van der Waals surface area contributed by atoms with Gasteiger partial charge in [-0.3, -0.25) is 0 Å². The topological polar surface area (TPSA) is 17.8 Å². The van der Waals surface area contributed by atoms with Gasteiger partial charge < -0.3 is 0 Å². The fraction of sp³-hybridized carbons (Fsp3) is 0.417. The molecule has 0 aliphatic heterocycles. The summed E-state index contributed by atoms with van der Waals surface area (Å²) in [7, 11) is 2.06. The van der Waals surface area contributed by atoms with Crippen molar-refractivity contribution >= 4 is 31.8 Å². The van der Waals surface area contributed by atoms with Crippen LogP contribution in [0.25, 0.3) is 11.0 Å². The first-order valence-electron chi connectivity index (χ1n) is 5.05. The van der Waals surface area contributed by atoms with Gasteiger partial charge in [-0.1, -0.05) is 0 Å². The summed E-state index contributed by atoms with van der Waals surface area (Å²) in [4.78, 5) is 4.58. The van der Waals surface area contributed by atoms with Gasteiger partial charge in [-0.05, 0) is 0 Å². The Labute approximate surface area is 98.5 Å². The first-order chi connectivity index (χ1) is 6.95. The van der Waals surface area contributed by atoms with Gasteiger partial charge in [0.05, 0.1) is 0 Å². The molecule has 0 amide bonds. The van der Waals surface area contributed by atoms with Crippen LogP contribution < -0.4 is 4.72 Å². The van der Waals surface area contributed by atoms with E-state index < -0.39 is 0 Å². The van der Waals surface area contributed by atoms with Crippen LogP contribution in [0.1, 0.15) is 22.3 Å². The van der Waals surface area contributed by atoms with E-state index in [-0.39, 0.29) is 0 Å². The van der Waals surface area contributed by atoms with Gasteiger partial charge in [0, 0.05) is 0 Å². The van der Waals surface area contributed by atoms with Gasteiger partial charge in [-0.25, -0.2) is 0 Å². The maximum atomic E-state index is 4.58. The van der Waals surface area contributed by atoms with Crippen LogP contribution in [0.15, 0.2) is 0 Å². The second-order valence-corrected chi connectivity index (χ2v) is 4.92. The molecule has 0 N–H and O–H groups in total. The molecule has 2 aromatic rings. The number of aryl methyl sites for hydroxylation is 3. The van der Waals surface area contributed by atoms with Crippen molar-refractivity contribution in [3.05, 3.63) is 22.3 Å². The number of fused-ring (bicyclic) bond motifs is 1. The summed E-state index contributed by atoms with van der Waals surface area (Å²) in [6.45, 7) is 8.68. The molecule has 1 aromatic heterocycles. The van der Waals surface area contributed by atoms with Crippen LogP contribution in [-0.4, -0.2) is 25.6 Å². The molecule has 0 saturated carbocycles. The number of rotatable bonds is 0. The molecule has 2 rings (SSSR count). The van der Waals surface area contributed by atoms with Crippen molar-refractivity contribution in [1.29, 1.82) is 0 Å². The minimum absolute atomic E-state index is 0.959. The van der Waals surface area contributed by atoms with Gasteiger partial charge in [0.2, 0.25) is 0 Å². The summed E-state index contributed by atoms with van der Waals surface area (Å²) in [5.74, 6) is 0. The average molecular weight is 266 g/mol. The van der Waals surface area contributed by atoms with Crippen molar-refractivity contribution in [2.45, 2.75) is 27.7 Å². The van der Waals surface area contributed by atoms with E-state index in [2.05, 4.69) is 60.3 Å². The predicted octanol–water partition coefficient (Wildman–Crippen LogP) is 1.60. The summed E-state index contributed by atoms with van der Waals surface area (Å²) < 4.78 is 3.09. The Morgan fingerprint density at radius 1 is 0.933 bits per heavy atom. The van der Waals surface area contributed by atoms with Crippen LogP contribution in [0.3, 0.4) is 0 Å². The van der Waals surface area contributed by atoms with Crippen molar-refractivity contribution in [1.82, 2.24) is 9.55 Å². The quantitative estimate of drug-likeness (QED) is 0.662. The van der Waals surface area contributed by atoms with Crippen LogP contribution in [0.2, 0.25) is 0 Å². The predicted molar refractivity (Wildman–Crippen MR) is 65.1 cm³/mol. The zero-order valence-corrected chi connectivity index (χ0v) is 11.5. The molecule has 0 bridgehead atoms. The Balaban J connectivity index is 3.07. The molecule has 0 aliphatic carbocycles. The fourth-order valence-electron chi connectivity index (χ4n) is 2.09. The third-order valence-corrected chi connectivity index (χ3v) is 4.22.